The van der Waals surface area contributed by atoms with Crippen LogP contribution in [0, 0.1) is 5.41 Å². The van der Waals surface area contributed by atoms with Crippen LogP contribution >= 0.6 is 0 Å². The van der Waals surface area contributed by atoms with Gasteiger partial charge in [-0.15, -0.1) is 0 Å². The molecule has 0 bridgehead atoms. The molecule has 1 aromatic rings. The van der Waals surface area contributed by atoms with Crippen LogP contribution in [-0.2, 0) is 25.5 Å². The molecule has 2 heterocycles. The second-order valence-corrected chi connectivity index (χ2v) is 8.21. The summed E-state index contributed by atoms with van der Waals surface area (Å²) in [6, 6.07) is 7.99. The van der Waals surface area contributed by atoms with E-state index < -0.39 is 11.4 Å². The Balaban J connectivity index is 1.58. The van der Waals surface area contributed by atoms with E-state index in [-0.39, 0.29) is 31.3 Å². The van der Waals surface area contributed by atoms with Gasteiger partial charge < -0.3 is 19.5 Å². The van der Waals surface area contributed by atoms with E-state index in [1.54, 1.807) is 4.90 Å². The first-order valence-electron chi connectivity index (χ1n) is 10.9. The van der Waals surface area contributed by atoms with Crippen LogP contribution in [0.5, 0.6) is 5.75 Å². The molecule has 0 atom stereocenters. The standard InChI is InChI=1S/C23H31NO6/c25-20(9-5-10-21(26)27)24-14-12-23(13-15-24)11-4-3-7-18-6-1-2-8-19(18)29-16-17-30-22(23)28/h1-2,6,8H,3-5,7,9-17H2,(H,26,27). The molecule has 164 valence electrons. The molecule has 30 heavy (non-hydrogen) atoms. The third-order valence-electron chi connectivity index (χ3n) is 6.19. The van der Waals surface area contributed by atoms with E-state index in [9.17, 15) is 14.4 Å². The van der Waals surface area contributed by atoms with Crippen LogP contribution in [0.1, 0.15) is 56.9 Å². The number of hydrogen-bond acceptors (Lipinski definition) is 5. The van der Waals surface area contributed by atoms with Gasteiger partial charge in [0, 0.05) is 25.9 Å². The molecular formula is C23H31NO6. The lowest BCUT2D eigenvalue weighted by molar-refractivity contribution is -0.162. The van der Waals surface area contributed by atoms with Crippen LogP contribution in [0.25, 0.3) is 0 Å². The molecule has 1 spiro atoms. The Bertz CT molecular complexity index is 754. The molecule has 1 amide bonds. The van der Waals surface area contributed by atoms with Crippen molar-refractivity contribution in [3.8, 4) is 5.75 Å². The number of para-hydroxylation sites is 1. The number of carboxylic acid groups (broad SMARTS) is 1. The molecule has 0 aliphatic carbocycles. The van der Waals surface area contributed by atoms with Gasteiger partial charge in [0.15, 0.2) is 0 Å². The van der Waals surface area contributed by atoms with Gasteiger partial charge in [-0.05, 0) is 50.2 Å². The summed E-state index contributed by atoms with van der Waals surface area (Å²) in [5.74, 6) is -0.239. The Hall–Kier alpha value is -2.57. The summed E-state index contributed by atoms with van der Waals surface area (Å²) >= 11 is 0. The number of cyclic esters (lactones) is 1. The van der Waals surface area contributed by atoms with Crippen molar-refractivity contribution in [2.75, 3.05) is 26.3 Å². The monoisotopic (exact) mass is 417 g/mol. The van der Waals surface area contributed by atoms with Crippen LogP contribution in [0.2, 0.25) is 0 Å². The summed E-state index contributed by atoms with van der Waals surface area (Å²) in [4.78, 5) is 37.7. The molecular weight excluding hydrogens is 386 g/mol. The number of likely N-dealkylation sites (tertiary alicyclic amines) is 1. The lowest BCUT2D eigenvalue weighted by Crippen LogP contribution is -2.47. The molecule has 7 heteroatoms. The zero-order valence-electron chi connectivity index (χ0n) is 17.4. The fourth-order valence-electron chi connectivity index (χ4n) is 4.36. The maximum absolute atomic E-state index is 12.9. The second-order valence-electron chi connectivity index (χ2n) is 8.21. The minimum atomic E-state index is -0.886. The van der Waals surface area contributed by atoms with E-state index in [1.807, 2.05) is 18.2 Å². The van der Waals surface area contributed by atoms with E-state index in [0.29, 0.717) is 39.0 Å². The first-order chi connectivity index (χ1) is 14.5. The van der Waals surface area contributed by atoms with Crippen molar-refractivity contribution in [1.82, 2.24) is 4.90 Å². The number of ether oxygens (including phenoxy) is 2. The van der Waals surface area contributed by atoms with Gasteiger partial charge in [0.05, 0.1) is 5.41 Å². The van der Waals surface area contributed by atoms with Crippen LogP contribution in [0.15, 0.2) is 24.3 Å². The first kappa shape index (κ1) is 22.1. The summed E-state index contributed by atoms with van der Waals surface area (Å²) in [6.45, 7) is 1.57. The van der Waals surface area contributed by atoms with Crippen LogP contribution in [-0.4, -0.2) is 54.2 Å². The quantitative estimate of drug-likeness (QED) is 0.757. The predicted octanol–water partition coefficient (Wildman–Crippen LogP) is 3.20. The molecule has 0 unspecified atom stereocenters. The van der Waals surface area contributed by atoms with Crippen molar-refractivity contribution in [2.45, 2.75) is 57.8 Å². The van der Waals surface area contributed by atoms with E-state index >= 15 is 0 Å². The molecule has 2 aliphatic heterocycles. The van der Waals surface area contributed by atoms with Gasteiger partial charge in [-0.3, -0.25) is 14.4 Å². The van der Waals surface area contributed by atoms with Crippen molar-refractivity contribution in [3.63, 3.8) is 0 Å². The number of esters is 1. The number of carboxylic acids is 1. The van der Waals surface area contributed by atoms with Gasteiger partial charge in [0.1, 0.15) is 19.0 Å². The van der Waals surface area contributed by atoms with Gasteiger partial charge in [-0.2, -0.15) is 0 Å². The average Bonchev–Trinajstić information content (AvgIpc) is 2.74. The number of fused-ring (bicyclic) bond motifs is 1. The topological polar surface area (TPSA) is 93.1 Å². The molecule has 2 aliphatic rings. The first-order valence-corrected chi connectivity index (χ1v) is 10.9. The molecule has 0 saturated carbocycles. The molecule has 0 aromatic heterocycles. The highest BCUT2D eigenvalue weighted by Gasteiger charge is 2.43. The zero-order chi connectivity index (χ0) is 21.4. The van der Waals surface area contributed by atoms with Gasteiger partial charge in [0.25, 0.3) is 0 Å². The molecule has 3 rings (SSSR count). The molecule has 7 nitrogen and oxygen atoms in total. The van der Waals surface area contributed by atoms with Gasteiger partial charge in [-0.25, -0.2) is 0 Å². The average molecular weight is 418 g/mol. The number of aliphatic carboxylic acids is 1. The number of carbonyl (C=O) groups excluding carboxylic acids is 2. The minimum absolute atomic E-state index is 0.00103. The fourth-order valence-corrected chi connectivity index (χ4v) is 4.36. The Morgan fingerprint density at radius 3 is 2.50 bits per heavy atom. The Morgan fingerprint density at radius 1 is 1.00 bits per heavy atom. The molecule has 0 radical (unpaired) electrons. The van der Waals surface area contributed by atoms with Crippen molar-refractivity contribution in [1.29, 1.82) is 0 Å². The fraction of sp³-hybridized carbons (Fsp3) is 0.609. The van der Waals surface area contributed by atoms with Gasteiger partial charge in [-0.1, -0.05) is 24.6 Å². The van der Waals surface area contributed by atoms with Crippen molar-refractivity contribution in [3.05, 3.63) is 29.8 Å². The van der Waals surface area contributed by atoms with Crippen LogP contribution in [0.3, 0.4) is 0 Å². The summed E-state index contributed by atoms with van der Waals surface area (Å²) in [6.07, 6.45) is 5.32. The largest absolute Gasteiger partial charge is 0.490 e. The molecule has 1 N–H and O–H groups in total. The highest BCUT2D eigenvalue weighted by molar-refractivity contribution is 5.79. The highest BCUT2D eigenvalue weighted by atomic mass is 16.6. The van der Waals surface area contributed by atoms with Crippen LogP contribution < -0.4 is 4.74 Å². The lowest BCUT2D eigenvalue weighted by atomic mass is 9.74. The zero-order valence-corrected chi connectivity index (χ0v) is 17.4. The maximum Gasteiger partial charge on any atom is 0.312 e. The SMILES string of the molecule is O=C(O)CCCC(=O)N1CCC2(CCCCc3ccccc3OCCOC2=O)CC1. The number of amides is 1. The molecule has 1 saturated heterocycles. The number of rotatable bonds is 4. The van der Waals surface area contributed by atoms with Crippen molar-refractivity contribution < 1.29 is 29.0 Å². The number of hydrogen-bond donors (Lipinski definition) is 1. The highest BCUT2D eigenvalue weighted by Crippen LogP contribution is 2.39. The van der Waals surface area contributed by atoms with Crippen LogP contribution in [0.4, 0.5) is 0 Å². The predicted molar refractivity (Wildman–Crippen MR) is 110 cm³/mol. The number of piperidine rings is 1. The normalized spacial score (nSPS) is 19.6. The van der Waals surface area contributed by atoms with E-state index in [0.717, 1.165) is 31.4 Å². The maximum atomic E-state index is 12.9. The number of aryl methyl sites for hydroxylation is 1. The third-order valence-corrected chi connectivity index (χ3v) is 6.19. The van der Waals surface area contributed by atoms with E-state index in [2.05, 4.69) is 6.07 Å². The second kappa shape index (κ2) is 10.5. The summed E-state index contributed by atoms with van der Waals surface area (Å²) in [7, 11) is 0. The van der Waals surface area contributed by atoms with E-state index in [1.165, 1.54) is 5.56 Å². The number of nitrogens with zero attached hydrogens (tertiary/aromatic N) is 1. The summed E-state index contributed by atoms with van der Waals surface area (Å²) < 4.78 is 11.4. The van der Waals surface area contributed by atoms with Gasteiger partial charge in [0.2, 0.25) is 5.91 Å². The Morgan fingerprint density at radius 2 is 1.73 bits per heavy atom. The smallest absolute Gasteiger partial charge is 0.312 e. The lowest BCUT2D eigenvalue weighted by Gasteiger charge is -2.40. The molecule has 1 aromatic carbocycles. The Kier molecular flexibility index (Phi) is 7.71. The summed E-state index contributed by atoms with van der Waals surface area (Å²) in [5.41, 5.74) is 0.636. The van der Waals surface area contributed by atoms with E-state index in [4.69, 9.17) is 14.6 Å². The number of carbonyl (C=O) groups is 3. The van der Waals surface area contributed by atoms with Gasteiger partial charge >= 0.3 is 11.9 Å². The Labute approximate surface area is 177 Å². The summed E-state index contributed by atoms with van der Waals surface area (Å²) in [5, 5.41) is 8.73. The third kappa shape index (κ3) is 5.74. The van der Waals surface area contributed by atoms with Crippen molar-refractivity contribution in [2.24, 2.45) is 5.41 Å². The van der Waals surface area contributed by atoms with Crippen molar-refractivity contribution >= 4 is 17.8 Å². The molecule has 1 fully saturated rings. The number of benzene rings is 1. The minimum Gasteiger partial charge on any atom is -0.490 e.